The van der Waals surface area contributed by atoms with Crippen LogP contribution in [-0.4, -0.2) is 23.0 Å². The van der Waals surface area contributed by atoms with Crippen LogP contribution in [-0.2, 0) is 6.42 Å². The quantitative estimate of drug-likeness (QED) is 0.429. The molecule has 0 spiro atoms. The third-order valence-corrected chi connectivity index (χ3v) is 3.91. The Balaban J connectivity index is 1.68. The lowest BCUT2D eigenvalue weighted by Gasteiger charge is -2.04. The fourth-order valence-corrected chi connectivity index (χ4v) is 2.54. The molecule has 0 aliphatic carbocycles. The van der Waals surface area contributed by atoms with Gasteiger partial charge in [0.2, 0.25) is 0 Å². The molecule has 2 N–H and O–H groups in total. The van der Waals surface area contributed by atoms with Gasteiger partial charge in [0.15, 0.2) is 5.11 Å². The maximum atomic E-state index is 12.0. The Bertz CT molecular complexity index is 981. The molecule has 126 valence electrons. The van der Waals surface area contributed by atoms with Crippen LogP contribution in [0.2, 0.25) is 0 Å². The third-order valence-electron chi connectivity index (χ3n) is 3.66. The van der Waals surface area contributed by atoms with Crippen LogP contribution in [0.4, 0.5) is 0 Å². The van der Waals surface area contributed by atoms with Crippen molar-refractivity contribution in [3.8, 4) is 5.75 Å². The number of aliphatic imine (C=N–C) groups is 1. The number of fused-ring (bicyclic) bond motifs is 1. The highest BCUT2D eigenvalue weighted by molar-refractivity contribution is 7.80. The first-order valence-corrected chi connectivity index (χ1v) is 8.16. The van der Waals surface area contributed by atoms with Crippen molar-refractivity contribution in [2.75, 3.05) is 6.54 Å². The Kier molecular flexibility index (Phi) is 5.20. The number of rotatable bonds is 4. The van der Waals surface area contributed by atoms with Crippen LogP contribution < -0.4 is 10.9 Å². The zero-order valence-electron chi connectivity index (χ0n) is 13.3. The second kappa shape index (κ2) is 7.72. The van der Waals surface area contributed by atoms with Crippen LogP contribution in [0.5, 0.6) is 5.75 Å². The fraction of sp³-hybridized carbons (Fsp3) is 0.105. The number of nitrogens with zero attached hydrogens (tertiary/aromatic N) is 1. The van der Waals surface area contributed by atoms with Crippen molar-refractivity contribution in [2.24, 2.45) is 4.99 Å². The van der Waals surface area contributed by atoms with Crippen LogP contribution in [0.15, 0.2) is 68.8 Å². The van der Waals surface area contributed by atoms with Gasteiger partial charge in [0.25, 0.3) is 0 Å². The maximum Gasteiger partial charge on any atom is 0.348 e. The average molecular weight is 352 g/mol. The molecule has 0 saturated carbocycles. The molecule has 3 aromatic rings. The van der Waals surface area contributed by atoms with Gasteiger partial charge in [-0.3, -0.25) is 0 Å². The SMILES string of the molecule is O=c1oc2ccccc2c(O)c1/C=N/C(=S)NCCc1ccccc1. The molecule has 0 aliphatic heterocycles. The number of benzene rings is 2. The Morgan fingerprint density at radius 3 is 2.68 bits per heavy atom. The molecule has 0 fully saturated rings. The van der Waals surface area contributed by atoms with Gasteiger partial charge in [-0.1, -0.05) is 42.5 Å². The van der Waals surface area contributed by atoms with E-state index in [1.165, 1.54) is 11.8 Å². The van der Waals surface area contributed by atoms with E-state index < -0.39 is 5.63 Å². The molecule has 0 radical (unpaired) electrons. The summed E-state index contributed by atoms with van der Waals surface area (Å²) in [6.07, 6.45) is 2.03. The molecule has 0 unspecified atom stereocenters. The second-order valence-corrected chi connectivity index (χ2v) is 5.76. The summed E-state index contributed by atoms with van der Waals surface area (Å²) in [5.74, 6) is -0.164. The molecule has 3 rings (SSSR count). The molecule has 6 heteroatoms. The molecule has 0 saturated heterocycles. The standard InChI is InChI=1S/C19H16N2O3S/c22-17-14-8-4-5-9-16(14)24-18(23)15(17)12-21-19(25)20-11-10-13-6-2-1-3-7-13/h1-9,12,22H,10-11H2,(H,20,25)/b21-12+. The number of thiocarbonyl (C=S) groups is 1. The summed E-state index contributed by atoms with van der Waals surface area (Å²) in [5, 5.41) is 13.9. The average Bonchev–Trinajstić information content (AvgIpc) is 2.62. The molecule has 2 aromatic carbocycles. The lowest BCUT2D eigenvalue weighted by molar-refractivity contribution is 0.466. The first-order valence-electron chi connectivity index (χ1n) is 7.76. The van der Waals surface area contributed by atoms with E-state index >= 15 is 0 Å². The summed E-state index contributed by atoms with van der Waals surface area (Å²) >= 11 is 5.13. The molecule has 0 aliphatic rings. The van der Waals surface area contributed by atoms with E-state index in [0.29, 0.717) is 17.5 Å². The Morgan fingerprint density at radius 1 is 1.16 bits per heavy atom. The molecule has 5 nitrogen and oxygen atoms in total. The molecule has 1 heterocycles. The Morgan fingerprint density at radius 2 is 1.88 bits per heavy atom. The summed E-state index contributed by atoms with van der Waals surface area (Å²) in [5.41, 5.74) is 0.832. The van der Waals surface area contributed by atoms with Gasteiger partial charge >= 0.3 is 5.63 Å². The molecule has 25 heavy (non-hydrogen) atoms. The van der Waals surface area contributed by atoms with Gasteiger partial charge in [-0.2, -0.15) is 0 Å². The Hall–Kier alpha value is -2.99. The lowest BCUT2D eigenvalue weighted by Crippen LogP contribution is -2.22. The topological polar surface area (TPSA) is 74.8 Å². The number of hydrogen-bond donors (Lipinski definition) is 2. The highest BCUT2D eigenvalue weighted by Crippen LogP contribution is 2.24. The Labute approximate surface area is 149 Å². The van der Waals surface area contributed by atoms with Crippen LogP contribution in [0, 0.1) is 0 Å². The van der Waals surface area contributed by atoms with Crippen molar-refractivity contribution in [2.45, 2.75) is 6.42 Å². The van der Waals surface area contributed by atoms with E-state index in [1.54, 1.807) is 24.3 Å². The highest BCUT2D eigenvalue weighted by atomic mass is 32.1. The summed E-state index contributed by atoms with van der Waals surface area (Å²) in [4.78, 5) is 16.0. The fourth-order valence-electron chi connectivity index (χ4n) is 2.39. The second-order valence-electron chi connectivity index (χ2n) is 5.37. The van der Waals surface area contributed by atoms with Crippen molar-refractivity contribution in [3.05, 3.63) is 76.1 Å². The van der Waals surface area contributed by atoms with Gasteiger partial charge in [-0.05, 0) is 36.3 Å². The van der Waals surface area contributed by atoms with Crippen molar-refractivity contribution in [3.63, 3.8) is 0 Å². The van der Waals surface area contributed by atoms with Crippen molar-refractivity contribution in [1.82, 2.24) is 5.32 Å². The normalized spacial score (nSPS) is 11.0. The van der Waals surface area contributed by atoms with Crippen LogP contribution >= 0.6 is 12.2 Å². The minimum absolute atomic E-state index is 0.0223. The van der Waals surface area contributed by atoms with E-state index in [1.807, 2.05) is 30.3 Å². The molecule has 1 aromatic heterocycles. The molecular weight excluding hydrogens is 336 g/mol. The first-order chi connectivity index (χ1) is 12.1. The predicted octanol–water partition coefficient (Wildman–Crippen LogP) is 3.03. The smallest absolute Gasteiger partial charge is 0.348 e. The van der Waals surface area contributed by atoms with Crippen molar-refractivity contribution in [1.29, 1.82) is 0 Å². The van der Waals surface area contributed by atoms with E-state index in [2.05, 4.69) is 10.3 Å². The maximum absolute atomic E-state index is 12.0. The van der Waals surface area contributed by atoms with Crippen LogP contribution in [0.25, 0.3) is 11.0 Å². The summed E-state index contributed by atoms with van der Waals surface area (Å²) < 4.78 is 5.17. The zero-order chi connectivity index (χ0) is 17.6. The highest BCUT2D eigenvalue weighted by Gasteiger charge is 2.11. The van der Waals surface area contributed by atoms with Gasteiger partial charge in [0, 0.05) is 12.8 Å². The van der Waals surface area contributed by atoms with E-state index in [0.717, 1.165) is 6.42 Å². The monoisotopic (exact) mass is 352 g/mol. The number of nitrogens with one attached hydrogen (secondary N) is 1. The summed E-state index contributed by atoms with van der Waals surface area (Å²) in [6.45, 7) is 0.624. The van der Waals surface area contributed by atoms with E-state index in [9.17, 15) is 9.90 Å². The lowest BCUT2D eigenvalue weighted by atomic mass is 10.1. The number of hydrogen-bond acceptors (Lipinski definition) is 4. The van der Waals surface area contributed by atoms with Gasteiger partial charge in [0.1, 0.15) is 16.9 Å². The third kappa shape index (κ3) is 4.10. The summed E-state index contributed by atoms with van der Waals surface area (Å²) in [6, 6.07) is 16.8. The van der Waals surface area contributed by atoms with E-state index in [-0.39, 0.29) is 16.4 Å². The number of aromatic hydroxyl groups is 1. The predicted molar refractivity (Wildman–Crippen MR) is 102 cm³/mol. The van der Waals surface area contributed by atoms with Crippen LogP contribution in [0.3, 0.4) is 0 Å². The van der Waals surface area contributed by atoms with Crippen LogP contribution in [0.1, 0.15) is 11.1 Å². The zero-order valence-corrected chi connectivity index (χ0v) is 14.1. The van der Waals surface area contributed by atoms with Gasteiger partial charge in [-0.25, -0.2) is 9.79 Å². The van der Waals surface area contributed by atoms with Gasteiger partial charge in [0.05, 0.1) is 5.39 Å². The minimum Gasteiger partial charge on any atom is -0.506 e. The van der Waals surface area contributed by atoms with Gasteiger partial charge < -0.3 is 14.8 Å². The first kappa shape index (κ1) is 16.9. The van der Waals surface area contributed by atoms with E-state index in [4.69, 9.17) is 16.6 Å². The minimum atomic E-state index is -0.660. The molecule has 0 bridgehead atoms. The summed E-state index contributed by atoms with van der Waals surface area (Å²) in [7, 11) is 0. The van der Waals surface area contributed by atoms with Crippen molar-refractivity contribution < 1.29 is 9.52 Å². The molecule has 0 atom stereocenters. The van der Waals surface area contributed by atoms with Gasteiger partial charge in [-0.15, -0.1) is 0 Å². The van der Waals surface area contributed by atoms with Crippen molar-refractivity contribution >= 4 is 34.5 Å². The molecule has 0 amide bonds. The number of para-hydroxylation sites is 1. The molecular formula is C19H16N2O3S. The largest absolute Gasteiger partial charge is 0.506 e.